The summed E-state index contributed by atoms with van der Waals surface area (Å²) in [4.78, 5) is 17.9. The Morgan fingerprint density at radius 3 is 2.59 bits per heavy atom. The van der Waals surface area contributed by atoms with E-state index in [2.05, 4.69) is 49.5 Å². The van der Waals surface area contributed by atoms with Crippen molar-refractivity contribution in [2.45, 2.75) is 0 Å². The van der Waals surface area contributed by atoms with Gasteiger partial charge in [-0.15, -0.1) is 0 Å². The van der Waals surface area contributed by atoms with E-state index in [-0.39, 0.29) is 0 Å². The number of morpholine rings is 1. The molecule has 3 rings (SSSR count). The van der Waals surface area contributed by atoms with Gasteiger partial charge in [0.15, 0.2) is 0 Å². The van der Waals surface area contributed by atoms with Crippen molar-refractivity contribution in [3.8, 4) is 11.3 Å². The fraction of sp³-hybridized carbons (Fsp3) is 0.526. The molecular formula is C19H29N7O. The van der Waals surface area contributed by atoms with Crippen LogP contribution in [0.1, 0.15) is 0 Å². The zero-order chi connectivity index (χ0) is 18.9. The molecule has 0 atom stereocenters. The van der Waals surface area contributed by atoms with E-state index in [0.717, 1.165) is 69.6 Å². The standard InChI is InChI=1S/C19H29N7O/c1-25(2)9-7-22-19-23-17(16-3-5-20-6-4-16)15-18(24-19)21-8-10-26-11-13-27-14-12-26/h3-6,15H,7-14H2,1-2H3,(H2,21,22,23,24). The molecule has 1 aliphatic rings. The van der Waals surface area contributed by atoms with Gasteiger partial charge < -0.3 is 20.3 Å². The number of aromatic nitrogens is 3. The molecule has 0 unspecified atom stereocenters. The second kappa shape index (κ2) is 10.1. The number of ether oxygens (including phenoxy) is 1. The molecule has 8 heteroatoms. The molecule has 0 spiro atoms. The molecule has 27 heavy (non-hydrogen) atoms. The largest absolute Gasteiger partial charge is 0.379 e. The summed E-state index contributed by atoms with van der Waals surface area (Å²) >= 11 is 0. The van der Waals surface area contributed by atoms with Gasteiger partial charge in [-0.05, 0) is 26.2 Å². The van der Waals surface area contributed by atoms with Gasteiger partial charge >= 0.3 is 0 Å². The SMILES string of the molecule is CN(C)CCNc1nc(NCCN2CCOCC2)cc(-c2ccncc2)n1. The molecule has 146 valence electrons. The van der Waals surface area contributed by atoms with Crippen LogP contribution in [-0.2, 0) is 4.74 Å². The lowest BCUT2D eigenvalue weighted by Gasteiger charge is -2.26. The number of hydrogen-bond donors (Lipinski definition) is 2. The summed E-state index contributed by atoms with van der Waals surface area (Å²) in [6.07, 6.45) is 3.56. The summed E-state index contributed by atoms with van der Waals surface area (Å²) in [6, 6.07) is 5.92. The Morgan fingerprint density at radius 1 is 1.07 bits per heavy atom. The molecule has 3 heterocycles. The fourth-order valence-electron chi connectivity index (χ4n) is 2.85. The van der Waals surface area contributed by atoms with Crippen LogP contribution in [0.4, 0.5) is 11.8 Å². The molecule has 1 fully saturated rings. The molecular weight excluding hydrogens is 342 g/mol. The first-order valence-electron chi connectivity index (χ1n) is 9.43. The third-order valence-electron chi connectivity index (χ3n) is 4.38. The Balaban J connectivity index is 1.66. The average Bonchev–Trinajstić information content (AvgIpc) is 2.69. The normalized spacial score (nSPS) is 15.1. The van der Waals surface area contributed by atoms with E-state index < -0.39 is 0 Å². The van der Waals surface area contributed by atoms with Gasteiger partial charge in [0.05, 0.1) is 18.9 Å². The second-order valence-electron chi connectivity index (χ2n) is 6.81. The molecule has 0 radical (unpaired) electrons. The van der Waals surface area contributed by atoms with Crippen molar-refractivity contribution in [2.24, 2.45) is 0 Å². The van der Waals surface area contributed by atoms with Crippen molar-refractivity contribution in [3.63, 3.8) is 0 Å². The molecule has 2 aromatic heterocycles. The number of nitrogens with zero attached hydrogens (tertiary/aromatic N) is 5. The second-order valence-corrected chi connectivity index (χ2v) is 6.81. The van der Waals surface area contributed by atoms with Gasteiger partial charge in [0.2, 0.25) is 5.95 Å². The van der Waals surface area contributed by atoms with Crippen LogP contribution >= 0.6 is 0 Å². The first-order valence-corrected chi connectivity index (χ1v) is 9.43. The van der Waals surface area contributed by atoms with Gasteiger partial charge in [-0.25, -0.2) is 4.98 Å². The van der Waals surface area contributed by atoms with E-state index in [1.165, 1.54) is 0 Å². The van der Waals surface area contributed by atoms with E-state index in [9.17, 15) is 0 Å². The lowest BCUT2D eigenvalue weighted by Crippen LogP contribution is -2.39. The number of nitrogens with one attached hydrogen (secondary N) is 2. The highest BCUT2D eigenvalue weighted by molar-refractivity contribution is 5.63. The van der Waals surface area contributed by atoms with Gasteiger partial charge in [0, 0.05) is 63.3 Å². The van der Waals surface area contributed by atoms with Gasteiger partial charge in [0.25, 0.3) is 0 Å². The minimum absolute atomic E-state index is 0.639. The Bertz CT molecular complexity index is 690. The Labute approximate surface area is 161 Å². The molecule has 2 aromatic rings. The Morgan fingerprint density at radius 2 is 1.85 bits per heavy atom. The van der Waals surface area contributed by atoms with Gasteiger partial charge in [-0.1, -0.05) is 0 Å². The van der Waals surface area contributed by atoms with E-state index in [1.807, 2.05) is 18.2 Å². The summed E-state index contributed by atoms with van der Waals surface area (Å²) in [6.45, 7) is 7.14. The molecule has 0 bridgehead atoms. The van der Waals surface area contributed by atoms with Gasteiger partial charge in [-0.2, -0.15) is 4.98 Å². The van der Waals surface area contributed by atoms with E-state index in [1.54, 1.807) is 12.4 Å². The van der Waals surface area contributed by atoms with Crippen LogP contribution in [-0.4, -0.2) is 91.3 Å². The molecule has 8 nitrogen and oxygen atoms in total. The molecule has 0 amide bonds. The van der Waals surface area contributed by atoms with Crippen molar-refractivity contribution in [1.29, 1.82) is 0 Å². The fourth-order valence-corrected chi connectivity index (χ4v) is 2.85. The lowest BCUT2D eigenvalue weighted by molar-refractivity contribution is 0.0398. The number of anilines is 2. The predicted octanol–water partition coefficient (Wildman–Crippen LogP) is 1.26. The van der Waals surface area contributed by atoms with Crippen LogP contribution in [0.5, 0.6) is 0 Å². The molecule has 0 aromatic carbocycles. The monoisotopic (exact) mass is 371 g/mol. The van der Waals surface area contributed by atoms with Crippen LogP contribution in [0.15, 0.2) is 30.6 Å². The molecule has 1 saturated heterocycles. The van der Waals surface area contributed by atoms with E-state index in [0.29, 0.717) is 5.95 Å². The summed E-state index contributed by atoms with van der Waals surface area (Å²) in [5, 5.41) is 6.76. The van der Waals surface area contributed by atoms with Crippen molar-refractivity contribution < 1.29 is 4.74 Å². The van der Waals surface area contributed by atoms with E-state index >= 15 is 0 Å². The quantitative estimate of drug-likeness (QED) is 0.682. The Hall–Kier alpha value is -2.29. The van der Waals surface area contributed by atoms with Crippen molar-refractivity contribution in [1.82, 2.24) is 24.8 Å². The summed E-state index contributed by atoms with van der Waals surface area (Å²) in [7, 11) is 4.10. The van der Waals surface area contributed by atoms with Gasteiger partial charge in [-0.3, -0.25) is 9.88 Å². The lowest BCUT2D eigenvalue weighted by atomic mass is 10.2. The highest BCUT2D eigenvalue weighted by Crippen LogP contribution is 2.20. The third-order valence-corrected chi connectivity index (χ3v) is 4.38. The maximum atomic E-state index is 5.40. The molecule has 0 aliphatic carbocycles. The van der Waals surface area contributed by atoms with Gasteiger partial charge in [0.1, 0.15) is 5.82 Å². The topological polar surface area (TPSA) is 78.4 Å². The van der Waals surface area contributed by atoms with Crippen LogP contribution < -0.4 is 10.6 Å². The van der Waals surface area contributed by atoms with Crippen LogP contribution in [0.2, 0.25) is 0 Å². The highest BCUT2D eigenvalue weighted by atomic mass is 16.5. The van der Waals surface area contributed by atoms with Crippen molar-refractivity contribution >= 4 is 11.8 Å². The van der Waals surface area contributed by atoms with Crippen LogP contribution in [0.25, 0.3) is 11.3 Å². The first-order chi connectivity index (χ1) is 13.2. The van der Waals surface area contributed by atoms with Crippen molar-refractivity contribution in [2.75, 3.05) is 77.2 Å². The predicted molar refractivity (Wildman–Crippen MR) is 108 cm³/mol. The average molecular weight is 371 g/mol. The third kappa shape index (κ3) is 6.42. The zero-order valence-corrected chi connectivity index (χ0v) is 16.2. The number of hydrogen-bond acceptors (Lipinski definition) is 8. The minimum atomic E-state index is 0.639. The zero-order valence-electron chi connectivity index (χ0n) is 16.2. The smallest absolute Gasteiger partial charge is 0.225 e. The maximum absolute atomic E-state index is 5.40. The summed E-state index contributed by atoms with van der Waals surface area (Å²) in [5.41, 5.74) is 1.91. The van der Waals surface area contributed by atoms with E-state index in [4.69, 9.17) is 4.74 Å². The van der Waals surface area contributed by atoms with Crippen molar-refractivity contribution in [3.05, 3.63) is 30.6 Å². The Kier molecular flexibility index (Phi) is 7.32. The number of rotatable bonds is 9. The summed E-state index contributed by atoms with van der Waals surface area (Å²) in [5.74, 6) is 1.47. The molecule has 1 aliphatic heterocycles. The molecule has 2 N–H and O–H groups in total. The number of likely N-dealkylation sites (N-methyl/N-ethyl adjacent to an activating group) is 1. The van der Waals surface area contributed by atoms with Crippen LogP contribution in [0, 0.1) is 0 Å². The summed E-state index contributed by atoms with van der Waals surface area (Å²) < 4.78 is 5.40. The first kappa shape index (κ1) is 19.5. The van der Waals surface area contributed by atoms with Crippen LogP contribution in [0.3, 0.4) is 0 Å². The maximum Gasteiger partial charge on any atom is 0.225 e. The number of pyridine rings is 1. The highest BCUT2D eigenvalue weighted by Gasteiger charge is 2.11. The molecule has 0 saturated carbocycles. The minimum Gasteiger partial charge on any atom is -0.379 e.